The Hall–Kier alpha value is -1.51. The molecule has 0 heterocycles. The third-order valence-corrected chi connectivity index (χ3v) is 2.35. The minimum absolute atomic E-state index is 0.0575. The van der Waals surface area contributed by atoms with Gasteiger partial charge in [0, 0.05) is 0 Å². The van der Waals surface area contributed by atoms with Crippen LogP contribution in [0.25, 0.3) is 0 Å². The average molecular weight is 266 g/mol. The summed E-state index contributed by atoms with van der Waals surface area (Å²) < 4.78 is 10.2. The molecule has 0 aliphatic heterocycles. The van der Waals surface area contributed by atoms with Crippen LogP contribution in [0.2, 0.25) is 0 Å². The Bertz CT molecular complexity index is 358. The second-order valence-corrected chi connectivity index (χ2v) is 5.06. The summed E-state index contributed by atoms with van der Waals surface area (Å²) in [6.45, 7) is 13.7. The highest BCUT2D eigenvalue weighted by atomic mass is 16.6. The highest BCUT2D eigenvalue weighted by molar-refractivity contribution is 5.85. The highest BCUT2D eigenvalue weighted by Crippen LogP contribution is 2.07. The zero-order valence-electron chi connectivity index (χ0n) is 12.8. The molecule has 0 atom stereocenters. The number of ether oxygens (including phenoxy) is 2. The van der Waals surface area contributed by atoms with Crippen molar-refractivity contribution in [3.63, 3.8) is 0 Å². The van der Waals surface area contributed by atoms with Gasteiger partial charge in [0.2, 0.25) is 0 Å². The van der Waals surface area contributed by atoms with Gasteiger partial charge >= 0.3 is 5.97 Å². The minimum Gasteiger partial charge on any atom is -0.483 e. The zero-order chi connectivity index (χ0) is 14.8. The quantitative estimate of drug-likeness (QED) is 0.286. The monoisotopic (exact) mass is 266 g/mol. The van der Waals surface area contributed by atoms with Crippen LogP contribution in [-0.4, -0.2) is 18.7 Å². The van der Waals surface area contributed by atoms with E-state index in [2.05, 4.69) is 33.4 Å². The minimum atomic E-state index is -0.495. The van der Waals surface area contributed by atoms with E-state index in [9.17, 15) is 4.79 Å². The molecular weight excluding hydrogens is 240 g/mol. The van der Waals surface area contributed by atoms with Crippen molar-refractivity contribution in [2.24, 2.45) is 0 Å². The predicted octanol–water partition coefficient (Wildman–Crippen LogP) is 4.16. The molecule has 0 rings (SSSR count). The van der Waals surface area contributed by atoms with E-state index >= 15 is 0 Å². The van der Waals surface area contributed by atoms with Gasteiger partial charge in [-0.25, -0.2) is 4.79 Å². The third kappa shape index (κ3) is 10.1. The smallest absolute Gasteiger partial charge is 0.373 e. The Morgan fingerprint density at radius 2 is 1.84 bits per heavy atom. The van der Waals surface area contributed by atoms with E-state index in [1.165, 1.54) is 11.1 Å². The first kappa shape index (κ1) is 17.5. The largest absolute Gasteiger partial charge is 0.483 e. The fourth-order valence-electron chi connectivity index (χ4n) is 1.31. The molecule has 0 aliphatic carbocycles. The number of carbonyl (C=O) groups is 1. The van der Waals surface area contributed by atoms with Gasteiger partial charge in [0.15, 0.2) is 5.76 Å². The number of hydrogen-bond acceptors (Lipinski definition) is 3. The van der Waals surface area contributed by atoms with Gasteiger partial charge in [-0.3, -0.25) is 0 Å². The zero-order valence-corrected chi connectivity index (χ0v) is 12.8. The molecule has 0 aromatic heterocycles. The molecule has 3 nitrogen and oxygen atoms in total. The maximum absolute atomic E-state index is 11.4. The summed E-state index contributed by atoms with van der Waals surface area (Å²) in [6.07, 6.45) is 6.04. The van der Waals surface area contributed by atoms with Gasteiger partial charge in [0.1, 0.15) is 6.61 Å². The summed E-state index contributed by atoms with van der Waals surface area (Å²) in [4.78, 5) is 11.4. The van der Waals surface area contributed by atoms with Crippen LogP contribution in [0.5, 0.6) is 0 Å². The molecule has 108 valence electrons. The van der Waals surface area contributed by atoms with Crippen LogP contribution >= 0.6 is 0 Å². The van der Waals surface area contributed by atoms with Crippen LogP contribution in [0.15, 0.2) is 35.6 Å². The SMILES string of the molecule is C=C(OC/C=C(\C)CCC=C(C)C)C(=O)OC(C)C. The fraction of sp³-hybridized carbons (Fsp3) is 0.562. The summed E-state index contributed by atoms with van der Waals surface area (Å²) in [7, 11) is 0. The van der Waals surface area contributed by atoms with Crippen LogP contribution in [0.3, 0.4) is 0 Å². The van der Waals surface area contributed by atoms with E-state index in [1.54, 1.807) is 13.8 Å². The van der Waals surface area contributed by atoms with Crippen molar-refractivity contribution < 1.29 is 14.3 Å². The topological polar surface area (TPSA) is 35.5 Å². The van der Waals surface area contributed by atoms with Gasteiger partial charge < -0.3 is 9.47 Å². The second-order valence-electron chi connectivity index (χ2n) is 5.06. The number of esters is 1. The van der Waals surface area contributed by atoms with Crippen molar-refractivity contribution >= 4 is 5.97 Å². The lowest BCUT2D eigenvalue weighted by atomic mass is 10.1. The Morgan fingerprint density at radius 3 is 2.37 bits per heavy atom. The summed E-state index contributed by atoms with van der Waals surface area (Å²) in [6, 6.07) is 0. The molecule has 0 bridgehead atoms. The first-order chi connectivity index (χ1) is 8.82. The van der Waals surface area contributed by atoms with Crippen molar-refractivity contribution in [1.29, 1.82) is 0 Å². The Balaban J connectivity index is 3.96. The van der Waals surface area contributed by atoms with Gasteiger partial charge in [0.25, 0.3) is 0 Å². The molecule has 0 aliphatic rings. The van der Waals surface area contributed by atoms with Crippen LogP contribution < -0.4 is 0 Å². The maximum Gasteiger partial charge on any atom is 0.373 e. The first-order valence-corrected chi connectivity index (χ1v) is 6.64. The summed E-state index contributed by atoms with van der Waals surface area (Å²) in [5.74, 6) is -0.437. The number of carbonyl (C=O) groups excluding carboxylic acids is 1. The fourth-order valence-corrected chi connectivity index (χ4v) is 1.31. The van der Waals surface area contributed by atoms with Crippen molar-refractivity contribution in [2.75, 3.05) is 6.61 Å². The summed E-state index contributed by atoms with van der Waals surface area (Å²) in [5.41, 5.74) is 2.57. The summed E-state index contributed by atoms with van der Waals surface area (Å²) in [5, 5.41) is 0. The molecule has 0 fully saturated rings. The third-order valence-electron chi connectivity index (χ3n) is 2.35. The molecular formula is C16H26O3. The Labute approximate surface area is 117 Å². The molecule has 3 heteroatoms. The van der Waals surface area contributed by atoms with Crippen LogP contribution in [-0.2, 0) is 14.3 Å². The van der Waals surface area contributed by atoms with Gasteiger partial charge in [-0.1, -0.05) is 17.2 Å². The molecule has 0 aromatic rings. The highest BCUT2D eigenvalue weighted by Gasteiger charge is 2.10. The first-order valence-electron chi connectivity index (χ1n) is 6.64. The van der Waals surface area contributed by atoms with Crippen molar-refractivity contribution in [1.82, 2.24) is 0 Å². The van der Waals surface area contributed by atoms with Gasteiger partial charge in [-0.15, -0.1) is 0 Å². The van der Waals surface area contributed by atoms with E-state index in [0.717, 1.165) is 12.8 Å². The van der Waals surface area contributed by atoms with Gasteiger partial charge in [0.05, 0.1) is 6.10 Å². The number of rotatable bonds is 8. The molecule has 0 amide bonds. The lowest BCUT2D eigenvalue weighted by Crippen LogP contribution is -2.14. The molecule has 0 radical (unpaired) electrons. The predicted molar refractivity (Wildman–Crippen MR) is 78.7 cm³/mol. The molecule has 19 heavy (non-hydrogen) atoms. The maximum atomic E-state index is 11.4. The van der Waals surface area contributed by atoms with Crippen molar-refractivity contribution in [3.05, 3.63) is 35.6 Å². The molecule has 0 unspecified atom stereocenters. The Morgan fingerprint density at radius 1 is 1.21 bits per heavy atom. The van der Waals surface area contributed by atoms with Gasteiger partial charge in [-0.2, -0.15) is 0 Å². The standard InChI is InChI=1S/C16H26O3/c1-12(2)8-7-9-14(5)10-11-18-15(6)16(17)19-13(3)4/h8,10,13H,6-7,9,11H2,1-5H3/b14-10+. The second kappa shape index (κ2) is 9.42. The Kier molecular flexibility index (Phi) is 8.68. The normalized spacial score (nSPS) is 11.2. The van der Waals surface area contributed by atoms with E-state index in [0.29, 0.717) is 6.61 Å². The van der Waals surface area contributed by atoms with E-state index in [-0.39, 0.29) is 11.9 Å². The van der Waals surface area contributed by atoms with Crippen LogP contribution in [0.1, 0.15) is 47.5 Å². The lowest BCUT2D eigenvalue weighted by molar-refractivity contribution is -0.146. The van der Waals surface area contributed by atoms with E-state index < -0.39 is 5.97 Å². The van der Waals surface area contributed by atoms with Crippen molar-refractivity contribution in [3.8, 4) is 0 Å². The lowest BCUT2D eigenvalue weighted by Gasteiger charge is -2.10. The molecule has 0 saturated carbocycles. The van der Waals surface area contributed by atoms with Crippen LogP contribution in [0, 0.1) is 0 Å². The summed E-state index contributed by atoms with van der Waals surface area (Å²) >= 11 is 0. The number of allylic oxidation sites excluding steroid dienone is 3. The molecule has 0 aromatic carbocycles. The molecule has 0 spiro atoms. The van der Waals surface area contributed by atoms with E-state index in [1.807, 2.05) is 6.08 Å². The van der Waals surface area contributed by atoms with Crippen LogP contribution in [0.4, 0.5) is 0 Å². The molecule has 0 N–H and O–H groups in total. The average Bonchev–Trinajstić information content (AvgIpc) is 2.27. The van der Waals surface area contributed by atoms with Crippen molar-refractivity contribution in [2.45, 2.75) is 53.6 Å². The van der Waals surface area contributed by atoms with E-state index in [4.69, 9.17) is 9.47 Å². The number of hydrogen-bond donors (Lipinski definition) is 0. The van der Waals surface area contributed by atoms with Gasteiger partial charge in [-0.05, 0) is 60.1 Å². The molecule has 0 saturated heterocycles.